The highest BCUT2D eigenvalue weighted by Crippen LogP contribution is 2.46. The zero-order valence-electron chi connectivity index (χ0n) is 17.8. The minimum atomic E-state index is -5.11. The molecule has 186 valence electrons. The van der Waals surface area contributed by atoms with Gasteiger partial charge >= 0.3 is 16.1 Å². The van der Waals surface area contributed by atoms with Crippen LogP contribution in [0.25, 0.3) is 33.4 Å². The minimum absolute atomic E-state index is 0.188. The molecule has 2 aromatic carbocycles. The van der Waals surface area contributed by atoms with Crippen molar-refractivity contribution in [3.63, 3.8) is 0 Å². The number of primary amides is 1. The molecule has 2 aliphatic rings. The van der Waals surface area contributed by atoms with Gasteiger partial charge in [-0.05, 0) is 30.3 Å². The Bertz CT molecular complexity index is 1840. The van der Waals surface area contributed by atoms with Crippen LogP contribution in [0.5, 0.6) is 0 Å². The van der Waals surface area contributed by atoms with Crippen molar-refractivity contribution in [1.82, 2.24) is 0 Å². The van der Waals surface area contributed by atoms with Crippen molar-refractivity contribution in [2.45, 2.75) is 9.79 Å². The molecule has 36 heavy (non-hydrogen) atoms. The van der Waals surface area contributed by atoms with Crippen LogP contribution in [0.15, 0.2) is 56.7 Å². The van der Waals surface area contributed by atoms with Gasteiger partial charge in [0.25, 0.3) is 10.1 Å². The second-order valence-corrected chi connectivity index (χ2v) is 10.3. The monoisotopic (exact) mass is 534 g/mol. The average molecular weight is 535 g/mol. The number of rotatable bonds is 5. The Balaban J connectivity index is 2.46. The summed E-state index contributed by atoms with van der Waals surface area (Å²) in [5.74, 6) is -3.27. The van der Waals surface area contributed by atoms with Crippen molar-refractivity contribution in [3.05, 3.63) is 58.9 Å². The Morgan fingerprint density at radius 1 is 0.861 bits per heavy atom. The van der Waals surface area contributed by atoms with Crippen LogP contribution in [0.1, 0.15) is 20.7 Å². The van der Waals surface area contributed by atoms with Crippen LogP contribution >= 0.6 is 0 Å². The molecule has 0 aromatic heterocycles. The second-order valence-electron chi connectivity index (χ2n) is 7.55. The second kappa shape index (κ2) is 8.13. The Morgan fingerprint density at radius 2 is 1.47 bits per heavy atom. The summed E-state index contributed by atoms with van der Waals surface area (Å²) < 4.78 is 74.1. The third kappa shape index (κ3) is 3.85. The maximum Gasteiger partial charge on any atom is 0.336 e. The first-order chi connectivity index (χ1) is 16.6. The molecule has 0 atom stereocenters. The standard InChI is InChI=1S/C21H15N3O10S2/c22-12-6-4-8-14(15-10(20(24)25)2-1-3-11(15)21(26)27)9-5-7-13(23)19(36(31,32)33)17(9)34-16(8)18(12)35(28,29)30/h1-7,22H,23H2,(H2,24,25)(H,26,27)(H,28,29,30)(H,31,32,33)/p+1. The first-order valence-electron chi connectivity index (χ1n) is 9.66. The summed E-state index contributed by atoms with van der Waals surface area (Å²) in [5, 5.41) is 14.9. The van der Waals surface area contributed by atoms with E-state index in [0.717, 1.165) is 18.2 Å². The zero-order chi connectivity index (χ0) is 26.7. The van der Waals surface area contributed by atoms with E-state index in [2.05, 4.69) is 0 Å². The van der Waals surface area contributed by atoms with E-state index in [4.69, 9.17) is 21.3 Å². The van der Waals surface area contributed by atoms with E-state index < -0.39 is 69.9 Å². The summed E-state index contributed by atoms with van der Waals surface area (Å²) in [4.78, 5) is 22.5. The number of carbonyl (C=O) groups excluding carboxylic acids is 1. The van der Waals surface area contributed by atoms with Gasteiger partial charge in [0, 0.05) is 33.7 Å². The van der Waals surface area contributed by atoms with Gasteiger partial charge in [0.1, 0.15) is 0 Å². The summed E-state index contributed by atoms with van der Waals surface area (Å²) in [6.45, 7) is 0. The highest BCUT2D eigenvalue weighted by Gasteiger charge is 2.34. The molecule has 4 rings (SSSR count). The van der Waals surface area contributed by atoms with E-state index in [-0.39, 0.29) is 27.6 Å². The zero-order valence-corrected chi connectivity index (χ0v) is 19.4. The highest BCUT2D eigenvalue weighted by molar-refractivity contribution is 7.86. The fraction of sp³-hybridized carbons (Fsp3) is 0. The van der Waals surface area contributed by atoms with Crippen LogP contribution in [0, 0.1) is 0 Å². The topological polar surface area (TPSA) is 254 Å². The lowest BCUT2D eigenvalue weighted by atomic mass is 9.87. The summed E-state index contributed by atoms with van der Waals surface area (Å²) in [5.41, 5.74) is 8.53. The largest absolute Gasteiger partial charge is 0.478 e. The number of fused-ring (bicyclic) bond motifs is 2. The SMILES string of the molecule is NC(=O)c1cccc(C(=O)O)c1-c1c2ccc(=[NH2+])c(S(=O)(=O)O)c-2oc2c(S(=O)(=O)O)c(N)ccc12. The molecule has 0 bridgehead atoms. The number of hydrogen-bond donors (Lipinski definition) is 6. The molecule has 1 amide bonds. The summed E-state index contributed by atoms with van der Waals surface area (Å²) in [7, 11) is -10.2. The van der Waals surface area contributed by atoms with Crippen molar-refractivity contribution in [2.24, 2.45) is 5.73 Å². The number of carboxylic acids is 1. The lowest BCUT2D eigenvalue weighted by Crippen LogP contribution is -2.47. The van der Waals surface area contributed by atoms with Crippen molar-refractivity contribution < 1.29 is 50.5 Å². The number of carboxylic acid groups (broad SMARTS) is 1. The molecule has 1 aliphatic heterocycles. The first-order valence-corrected chi connectivity index (χ1v) is 12.5. The number of nitrogen functional groups attached to an aromatic ring is 1. The number of benzene rings is 3. The first kappa shape index (κ1) is 24.8. The van der Waals surface area contributed by atoms with Crippen molar-refractivity contribution >= 4 is 48.8 Å². The van der Waals surface area contributed by atoms with Crippen molar-refractivity contribution in [1.29, 1.82) is 0 Å². The van der Waals surface area contributed by atoms with Crippen LogP contribution in [0.3, 0.4) is 0 Å². The van der Waals surface area contributed by atoms with E-state index in [0.29, 0.717) is 0 Å². The molecule has 0 spiro atoms. The molecule has 0 unspecified atom stereocenters. The smallest absolute Gasteiger partial charge is 0.336 e. The molecule has 0 fully saturated rings. The Morgan fingerprint density at radius 3 is 2.03 bits per heavy atom. The fourth-order valence-electron chi connectivity index (χ4n) is 4.01. The number of amides is 1. The molecule has 0 saturated heterocycles. The van der Waals surface area contributed by atoms with Gasteiger partial charge in [-0.3, -0.25) is 19.3 Å². The van der Waals surface area contributed by atoms with Gasteiger partial charge in [-0.2, -0.15) is 16.8 Å². The molecule has 0 radical (unpaired) electrons. The van der Waals surface area contributed by atoms with E-state index in [1.165, 1.54) is 24.3 Å². The lowest BCUT2D eigenvalue weighted by molar-refractivity contribution is -0.176. The Hall–Kier alpha value is -4.31. The Labute approximate surface area is 201 Å². The summed E-state index contributed by atoms with van der Waals surface area (Å²) in [6, 6.07) is 8.15. The highest BCUT2D eigenvalue weighted by atomic mass is 32.2. The van der Waals surface area contributed by atoms with Crippen LogP contribution in [-0.4, -0.2) is 42.9 Å². The van der Waals surface area contributed by atoms with Gasteiger partial charge in [0.15, 0.2) is 16.2 Å². The fourth-order valence-corrected chi connectivity index (χ4v) is 5.51. The van der Waals surface area contributed by atoms with Gasteiger partial charge in [-0.25, -0.2) is 4.79 Å². The third-order valence-electron chi connectivity index (χ3n) is 5.35. The predicted molar refractivity (Wildman–Crippen MR) is 123 cm³/mol. The molecular weight excluding hydrogens is 518 g/mol. The van der Waals surface area contributed by atoms with Crippen LogP contribution < -0.4 is 22.2 Å². The van der Waals surface area contributed by atoms with E-state index >= 15 is 0 Å². The quantitative estimate of drug-likeness (QED) is 0.110. The number of carbonyl (C=O) groups is 2. The number of hydrogen-bond acceptors (Lipinski definition) is 8. The van der Waals surface area contributed by atoms with Gasteiger partial charge in [-0.15, -0.1) is 0 Å². The van der Waals surface area contributed by atoms with Crippen LogP contribution in [-0.2, 0) is 20.2 Å². The lowest BCUT2D eigenvalue weighted by Gasteiger charge is -2.20. The van der Waals surface area contributed by atoms with Crippen LogP contribution in [0.2, 0.25) is 0 Å². The molecule has 9 N–H and O–H groups in total. The molecule has 0 saturated carbocycles. The molecule has 15 heteroatoms. The Kier molecular flexibility index (Phi) is 5.60. The maximum absolute atomic E-state index is 12.3. The maximum atomic E-state index is 12.3. The summed E-state index contributed by atoms with van der Waals surface area (Å²) >= 11 is 0. The molecule has 13 nitrogen and oxygen atoms in total. The third-order valence-corrected chi connectivity index (χ3v) is 7.23. The predicted octanol–water partition coefficient (Wildman–Crippen LogP) is -0.263. The molecule has 2 aromatic rings. The van der Waals surface area contributed by atoms with E-state index in [1.54, 1.807) is 0 Å². The van der Waals surface area contributed by atoms with E-state index in [1.807, 2.05) is 0 Å². The van der Waals surface area contributed by atoms with Gasteiger partial charge in [0.05, 0.1) is 11.3 Å². The molecule has 1 heterocycles. The van der Waals surface area contributed by atoms with Gasteiger partial charge in [0.2, 0.25) is 16.2 Å². The van der Waals surface area contributed by atoms with Gasteiger partial charge in [-0.1, -0.05) is 6.07 Å². The molecule has 1 aliphatic carbocycles. The normalized spacial score (nSPS) is 12.2. The minimum Gasteiger partial charge on any atom is -0.478 e. The number of aromatic carboxylic acids is 1. The number of nitrogens with two attached hydrogens (primary N) is 3. The van der Waals surface area contributed by atoms with Crippen molar-refractivity contribution in [2.75, 3.05) is 5.73 Å². The number of anilines is 1. The van der Waals surface area contributed by atoms with Crippen molar-refractivity contribution in [3.8, 4) is 22.5 Å². The summed E-state index contributed by atoms with van der Waals surface area (Å²) in [6.07, 6.45) is 0. The van der Waals surface area contributed by atoms with Gasteiger partial charge < -0.3 is 21.0 Å². The molecular formula is C21H16N3O10S2+. The van der Waals surface area contributed by atoms with Crippen LogP contribution in [0.4, 0.5) is 5.69 Å². The van der Waals surface area contributed by atoms with E-state index in [9.17, 15) is 40.6 Å². The average Bonchev–Trinajstić information content (AvgIpc) is 2.74.